The minimum atomic E-state index is 0.569. The van der Waals surface area contributed by atoms with Crippen LogP contribution in [0.2, 0.25) is 0 Å². The van der Waals surface area contributed by atoms with E-state index in [0.29, 0.717) is 6.04 Å². The van der Waals surface area contributed by atoms with Crippen molar-refractivity contribution in [2.24, 2.45) is 0 Å². The van der Waals surface area contributed by atoms with Crippen LogP contribution in [0, 0.1) is 0 Å². The summed E-state index contributed by atoms with van der Waals surface area (Å²) in [6.07, 6.45) is 4.36. The lowest BCUT2D eigenvalue weighted by molar-refractivity contribution is 0.415. The number of pyridine rings is 1. The number of piperidine rings is 1. The summed E-state index contributed by atoms with van der Waals surface area (Å²) in [6, 6.07) is 8.82. The molecule has 1 aromatic carbocycles. The number of benzene rings is 1. The predicted octanol–water partition coefficient (Wildman–Crippen LogP) is 2.82. The van der Waals surface area contributed by atoms with Crippen LogP contribution in [0.3, 0.4) is 0 Å². The maximum Gasteiger partial charge on any atom is 0.136 e. The molecule has 3 rings (SSSR count). The Morgan fingerprint density at radius 2 is 2.29 bits per heavy atom. The van der Waals surface area contributed by atoms with Crippen molar-refractivity contribution >= 4 is 16.6 Å². The van der Waals surface area contributed by atoms with Crippen LogP contribution < -0.4 is 15.0 Å². The lowest BCUT2D eigenvalue weighted by atomic mass is 10.0. The molecule has 112 valence electrons. The van der Waals surface area contributed by atoms with Crippen molar-refractivity contribution in [3.63, 3.8) is 0 Å². The van der Waals surface area contributed by atoms with Gasteiger partial charge in [-0.2, -0.15) is 0 Å². The average molecular weight is 285 g/mol. The van der Waals surface area contributed by atoms with Gasteiger partial charge in [-0.05, 0) is 49.0 Å². The zero-order valence-corrected chi connectivity index (χ0v) is 12.8. The van der Waals surface area contributed by atoms with Crippen LogP contribution >= 0.6 is 0 Å². The Balaban J connectivity index is 1.92. The molecule has 1 N–H and O–H groups in total. The Morgan fingerprint density at radius 1 is 1.38 bits per heavy atom. The van der Waals surface area contributed by atoms with Crippen molar-refractivity contribution in [1.82, 2.24) is 10.3 Å². The van der Waals surface area contributed by atoms with Crippen molar-refractivity contribution in [2.75, 3.05) is 31.6 Å². The van der Waals surface area contributed by atoms with Gasteiger partial charge in [0.2, 0.25) is 0 Å². The molecule has 0 radical (unpaired) electrons. The Morgan fingerprint density at radius 3 is 3.10 bits per heavy atom. The van der Waals surface area contributed by atoms with Crippen LogP contribution in [0.4, 0.5) is 5.82 Å². The first-order chi connectivity index (χ1) is 10.3. The second-order valence-corrected chi connectivity index (χ2v) is 5.56. The summed E-state index contributed by atoms with van der Waals surface area (Å²) in [5.41, 5.74) is 0. The maximum atomic E-state index is 5.31. The van der Waals surface area contributed by atoms with Crippen molar-refractivity contribution in [2.45, 2.75) is 25.8 Å². The molecular formula is C17H23N3O. The molecule has 0 spiro atoms. The highest BCUT2D eigenvalue weighted by molar-refractivity contribution is 5.93. The first kappa shape index (κ1) is 14.1. The monoisotopic (exact) mass is 285 g/mol. The summed E-state index contributed by atoms with van der Waals surface area (Å²) in [6.45, 7) is 5.31. The van der Waals surface area contributed by atoms with E-state index in [4.69, 9.17) is 4.74 Å². The molecule has 1 atom stereocenters. The molecule has 1 saturated heterocycles. The number of nitrogens with zero attached hydrogens (tertiary/aromatic N) is 2. The van der Waals surface area contributed by atoms with Gasteiger partial charge in [0.05, 0.1) is 7.11 Å². The minimum Gasteiger partial charge on any atom is -0.497 e. The number of hydrogen-bond acceptors (Lipinski definition) is 4. The van der Waals surface area contributed by atoms with Gasteiger partial charge in [-0.25, -0.2) is 4.98 Å². The summed E-state index contributed by atoms with van der Waals surface area (Å²) < 4.78 is 5.31. The lowest BCUT2D eigenvalue weighted by Gasteiger charge is -2.34. The molecule has 1 aromatic heterocycles. The van der Waals surface area contributed by atoms with E-state index in [0.717, 1.165) is 31.2 Å². The van der Waals surface area contributed by atoms with Crippen LogP contribution in [-0.4, -0.2) is 37.8 Å². The number of likely N-dealkylation sites (N-methyl/N-ethyl adjacent to an activating group) is 1. The van der Waals surface area contributed by atoms with E-state index in [1.807, 2.05) is 18.3 Å². The molecule has 1 aliphatic rings. The van der Waals surface area contributed by atoms with Crippen LogP contribution in [0.5, 0.6) is 5.75 Å². The van der Waals surface area contributed by atoms with Gasteiger partial charge >= 0.3 is 0 Å². The highest BCUT2D eigenvalue weighted by atomic mass is 16.5. The van der Waals surface area contributed by atoms with Gasteiger partial charge in [-0.15, -0.1) is 0 Å². The van der Waals surface area contributed by atoms with E-state index < -0.39 is 0 Å². The zero-order chi connectivity index (χ0) is 14.7. The van der Waals surface area contributed by atoms with E-state index in [2.05, 4.69) is 34.3 Å². The van der Waals surface area contributed by atoms with Crippen LogP contribution in [0.1, 0.15) is 19.8 Å². The van der Waals surface area contributed by atoms with Gasteiger partial charge in [-0.1, -0.05) is 6.92 Å². The molecular weight excluding hydrogens is 262 g/mol. The highest BCUT2D eigenvalue weighted by Gasteiger charge is 2.21. The van der Waals surface area contributed by atoms with Gasteiger partial charge in [-0.3, -0.25) is 0 Å². The fraction of sp³-hybridized carbons (Fsp3) is 0.471. The number of rotatable bonds is 4. The molecule has 1 aliphatic heterocycles. The summed E-state index contributed by atoms with van der Waals surface area (Å²) >= 11 is 0. The fourth-order valence-electron chi connectivity index (χ4n) is 3.14. The fourth-order valence-corrected chi connectivity index (χ4v) is 3.14. The van der Waals surface area contributed by atoms with Crippen molar-refractivity contribution in [1.29, 1.82) is 0 Å². The lowest BCUT2D eigenvalue weighted by Crippen LogP contribution is -2.46. The largest absolute Gasteiger partial charge is 0.497 e. The number of methoxy groups -OCH3 is 1. The number of aromatic nitrogens is 1. The number of fused-ring (bicyclic) bond motifs is 1. The topological polar surface area (TPSA) is 37.4 Å². The van der Waals surface area contributed by atoms with Crippen molar-refractivity contribution in [3.05, 3.63) is 30.5 Å². The Kier molecular flexibility index (Phi) is 4.25. The molecule has 0 amide bonds. The van der Waals surface area contributed by atoms with Crippen molar-refractivity contribution in [3.8, 4) is 5.75 Å². The highest BCUT2D eigenvalue weighted by Crippen LogP contribution is 2.29. The molecule has 0 aliphatic carbocycles. The molecule has 2 heterocycles. The first-order valence-corrected chi connectivity index (χ1v) is 7.73. The minimum absolute atomic E-state index is 0.569. The molecule has 2 aromatic rings. The van der Waals surface area contributed by atoms with Gasteiger partial charge in [0.15, 0.2) is 0 Å². The SMILES string of the molecule is CCNC1CCCN(c2nccc3cc(OC)ccc23)C1. The normalized spacial score (nSPS) is 19.0. The van der Waals surface area contributed by atoms with Gasteiger partial charge in [0.25, 0.3) is 0 Å². The van der Waals surface area contributed by atoms with E-state index in [-0.39, 0.29) is 0 Å². The second kappa shape index (κ2) is 6.31. The number of ether oxygens (including phenoxy) is 1. The Hall–Kier alpha value is -1.81. The molecule has 21 heavy (non-hydrogen) atoms. The summed E-state index contributed by atoms with van der Waals surface area (Å²) in [5, 5.41) is 5.95. The zero-order valence-electron chi connectivity index (χ0n) is 12.8. The van der Waals surface area contributed by atoms with E-state index in [1.165, 1.54) is 23.6 Å². The standard InChI is InChI=1S/C17H23N3O/c1-3-18-14-5-4-10-20(12-14)17-16-7-6-15(21-2)11-13(16)8-9-19-17/h6-9,11,14,18H,3-5,10,12H2,1-2H3. The van der Waals surface area contributed by atoms with Gasteiger partial charge in [0, 0.05) is 30.7 Å². The summed E-state index contributed by atoms with van der Waals surface area (Å²) in [7, 11) is 1.70. The molecule has 4 heteroatoms. The van der Waals surface area contributed by atoms with Crippen LogP contribution in [0.25, 0.3) is 10.8 Å². The van der Waals surface area contributed by atoms with Crippen LogP contribution in [0.15, 0.2) is 30.5 Å². The third kappa shape index (κ3) is 2.95. The van der Waals surface area contributed by atoms with E-state index in [9.17, 15) is 0 Å². The number of hydrogen-bond donors (Lipinski definition) is 1. The van der Waals surface area contributed by atoms with Gasteiger partial charge < -0.3 is 15.0 Å². The van der Waals surface area contributed by atoms with Crippen LogP contribution in [-0.2, 0) is 0 Å². The summed E-state index contributed by atoms with van der Waals surface area (Å²) in [5.74, 6) is 1.99. The van der Waals surface area contributed by atoms with E-state index in [1.54, 1.807) is 7.11 Å². The number of nitrogens with one attached hydrogen (secondary N) is 1. The molecule has 1 unspecified atom stereocenters. The molecule has 4 nitrogen and oxygen atoms in total. The molecule has 0 saturated carbocycles. The average Bonchev–Trinajstić information content (AvgIpc) is 2.54. The molecule has 0 bridgehead atoms. The number of anilines is 1. The van der Waals surface area contributed by atoms with Gasteiger partial charge in [0.1, 0.15) is 11.6 Å². The summed E-state index contributed by atoms with van der Waals surface area (Å²) in [4.78, 5) is 7.05. The first-order valence-electron chi connectivity index (χ1n) is 7.73. The molecule has 1 fully saturated rings. The Labute approximate surface area is 126 Å². The van der Waals surface area contributed by atoms with Crippen molar-refractivity contribution < 1.29 is 4.74 Å². The quantitative estimate of drug-likeness (QED) is 0.937. The smallest absolute Gasteiger partial charge is 0.136 e. The second-order valence-electron chi connectivity index (χ2n) is 5.56. The third-order valence-electron chi connectivity index (χ3n) is 4.16. The third-order valence-corrected chi connectivity index (χ3v) is 4.16. The Bertz CT molecular complexity index is 612. The van der Waals surface area contributed by atoms with E-state index >= 15 is 0 Å². The maximum absolute atomic E-state index is 5.31. The predicted molar refractivity (Wildman–Crippen MR) is 87.2 cm³/mol.